The van der Waals surface area contributed by atoms with Gasteiger partial charge in [-0.15, -0.1) is 0 Å². The number of unbranched alkanes of at least 4 members (excludes halogenated alkanes) is 1. The van der Waals surface area contributed by atoms with E-state index in [2.05, 4.69) is 9.62 Å². The molecular weight excluding hydrogens is 148 g/mol. The van der Waals surface area contributed by atoms with Crippen LogP contribution in [0.3, 0.4) is 0 Å². The van der Waals surface area contributed by atoms with Crippen LogP contribution < -0.4 is 0 Å². The predicted molar refractivity (Wildman–Crippen MR) is 38.8 cm³/mol. The van der Waals surface area contributed by atoms with Crippen molar-refractivity contribution in [1.29, 1.82) is 0 Å². The van der Waals surface area contributed by atoms with Crippen molar-refractivity contribution in [2.45, 2.75) is 39.4 Å². The molecule has 4 nitrogen and oxygen atoms in total. The lowest BCUT2D eigenvalue weighted by Crippen LogP contribution is -2.18. The number of carbonyl (C=O) groups is 1. The van der Waals surface area contributed by atoms with E-state index in [1.165, 1.54) is 6.92 Å². The molecule has 0 saturated carbocycles. The number of hydrogen-bond acceptors (Lipinski definition) is 4. The highest BCUT2D eigenvalue weighted by Crippen LogP contribution is 2.04. The number of rotatable bonds is 5. The van der Waals surface area contributed by atoms with Gasteiger partial charge in [0.05, 0.1) is 0 Å². The van der Waals surface area contributed by atoms with Crippen LogP contribution in [-0.2, 0) is 14.4 Å². The lowest BCUT2D eigenvalue weighted by atomic mass is 10.2. The van der Waals surface area contributed by atoms with Crippen molar-refractivity contribution in [3.63, 3.8) is 0 Å². The number of hydrogen-bond donors (Lipinski definition) is 1. The van der Waals surface area contributed by atoms with Crippen molar-refractivity contribution >= 4 is 5.97 Å². The van der Waals surface area contributed by atoms with Crippen molar-refractivity contribution in [1.82, 2.24) is 0 Å². The van der Waals surface area contributed by atoms with Crippen molar-refractivity contribution in [3.8, 4) is 0 Å². The number of ether oxygens (including phenoxy) is 1. The molecule has 0 spiro atoms. The highest BCUT2D eigenvalue weighted by Gasteiger charge is 2.10. The Morgan fingerprint density at radius 3 is 2.64 bits per heavy atom. The van der Waals surface area contributed by atoms with Gasteiger partial charge in [-0.2, -0.15) is 4.89 Å². The van der Waals surface area contributed by atoms with Gasteiger partial charge in [0.25, 0.3) is 0 Å². The lowest BCUT2D eigenvalue weighted by Gasteiger charge is -2.11. The Morgan fingerprint density at radius 2 is 2.27 bits per heavy atom. The van der Waals surface area contributed by atoms with Gasteiger partial charge >= 0.3 is 5.97 Å². The first-order valence-corrected chi connectivity index (χ1v) is 3.68. The Morgan fingerprint density at radius 1 is 1.64 bits per heavy atom. The summed E-state index contributed by atoms with van der Waals surface area (Å²) in [6.07, 6.45) is 1.57. The first-order chi connectivity index (χ1) is 5.20. The second kappa shape index (κ2) is 6.12. The van der Waals surface area contributed by atoms with Gasteiger partial charge < -0.3 is 4.74 Å². The smallest absolute Gasteiger partial charge is 0.305 e. The summed E-state index contributed by atoms with van der Waals surface area (Å²) in [5.74, 6) is -0.444. The zero-order valence-electron chi connectivity index (χ0n) is 6.87. The fourth-order valence-corrected chi connectivity index (χ4v) is 0.689. The fourth-order valence-electron chi connectivity index (χ4n) is 0.689. The maximum absolute atomic E-state index is 10.4. The summed E-state index contributed by atoms with van der Waals surface area (Å²) < 4.78 is 4.59. The van der Waals surface area contributed by atoms with Crippen LogP contribution >= 0.6 is 0 Å². The molecule has 0 rings (SSSR count). The van der Waals surface area contributed by atoms with E-state index in [1.54, 1.807) is 0 Å². The molecule has 4 heteroatoms. The third-order valence-electron chi connectivity index (χ3n) is 1.21. The predicted octanol–water partition coefficient (Wildman–Crippen LogP) is 1.56. The van der Waals surface area contributed by atoms with E-state index in [0.717, 1.165) is 12.8 Å². The summed E-state index contributed by atoms with van der Waals surface area (Å²) in [5, 5.41) is 8.22. The molecular formula is C7H14O4. The molecule has 0 aliphatic carbocycles. The van der Waals surface area contributed by atoms with Gasteiger partial charge in [-0.1, -0.05) is 13.3 Å². The van der Waals surface area contributed by atoms with Gasteiger partial charge in [-0.3, -0.25) is 4.79 Å². The average molecular weight is 162 g/mol. The summed E-state index contributed by atoms with van der Waals surface area (Å²) >= 11 is 0. The van der Waals surface area contributed by atoms with Crippen LogP contribution in [0.4, 0.5) is 0 Å². The van der Waals surface area contributed by atoms with E-state index in [9.17, 15) is 4.79 Å². The first kappa shape index (κ1) is 10.4. The van der Waals surface area contributed by atoms with E-state index in [-0.39, 0.29) is 0 Å². The van der Waals surface area contributed by atoms with Crippen LogP contribution in [0.1, 0.15) is 33.1 Å². The molecule has 0 heterocycles. The summed E-state index contributed by atoms with van der Waals surface area (Å²) in [6.45, 7) is 3.28. The van der Waals surface area contributed by atoms with Gasteiger partial charge in [0.2, 0.25) is 6.29 Å². The van der Waals surface area contributed by atoms with Crippen LogP contribution in [0.25, 0.3) is 0 Å². The molecule has 0 aromatic carbocycles. The molecule has 0 bridgehead atoms. The minimum absolute atomic E-state index is 0.444. The highest BCUT2D eigenvalue weighted by molar-refractivity contribution is 5.65. The topological polar surface area (TPSA) is 55.8 Å². The molecule has 0 aromatic rings. The van der Waals surface area contributed by atoms with Crippen molar-refractivity contribution < 1.29 is 19.7 Å². The maximum Gasteiger partial charge on any atom is 0.305 e. The van der Waals surface area contributed by atoms with Gasteiger partial charge in [0, 0.05) is 13.3 Å². The largest absolute Gasteiger partial charge is 0.433 e. The van der Waals surface area contributed by atoms with Gasteiger partial charge in [-0.25, -0.2) is 5.26 Å². The van der Waals surface area contributed by atoms with E-state index >= 15 is 0 Å². The molecule has 66 valence electrons. The highest BCUT2D eigenvalue weighted by atomic mass is 17.1. The second-order valence-electron chi connectivity index (χ2n) is 2.29. The Balaban J connectivity index is 3.49. The van der Waals surface area contributed by atoms with E-state index in [4.69, 9.17) is 5.26 Å². The summed E-state index contributed by atoms with van der Waals surface area (Å²) in [5.41, 5.74) is 0. The molecule has 1 unspecified atom stereocenters. The zero-order valence-corrected chi connectivity index (χ0v) is 6.87. The molecule has 0 saturated heterocycles. The molecule has 0 amide bonds. The van der Waals surface area contributed by atoms with Crippen molar-refractivity contribution in [3.05, 3.63) is 0 Å². The quantitative estimate of drug-likeness (QED) is 0.288. The Bertz CT molecular complexity index is 113. The fraction of sp³-hybridized carbons (Fsp3) is 0.857. The van der Waals surface area contributed by atoms with Gasteiger partial charge in [0.15, 0.2) is 0 Å². The Hall–Kier alpha value is -0.610. The lowest BCUT2D eigenvalue weighted by molar-refractivity contribution is -0.337. The molecule has 0 fully saturated rings. The van der Waals surface area contributed by atoms with Crippen LogP contribution in [0.15, 0.2) is 0 Å². The molecule has 0 aliphatic heterocycles. The first-order valence-electron chi connectivity index (χ1n) is 3.68. The van der Waals surface area contributed by atoms with Crippen molar-refractivity contribution in [2.24, 2.45) is 0 Å². The standard InChI is InChI=1S/C7H14O4/c1-3-4-5-7(11-9)10-6(2)8/h7,9H,3-5H2,1-2H3. The number of esters is 1. The monoisotopic (exact) mass is 162 g/mol. The maximum atomic E-state index is 10.4. The molecule has 0 aliphatic rings. The van der Waals surface area contributed by atoms with Gasteiger partial charge in [-0.05, 0) is 6.42 Å². The van der Waals surface area contributed by atoms with E-state index in [0.29, 0.717) is 6.42 Å². The zero-order chi connectivity index (χ0) is 8.69. The van der Waals surface area contributed by atoms with Crippen LogP contribution in [0.5, 0.6) is 0 Å². The SMILES string of the molecule is CCCCC(OO)OC(C)=O. The number of carbonyl (C=O) groups excluding carboxylic acids is 1. The normalized spacial score (nSPS) is 12.6. The van der Waals surface area contributed by atoms with Crippen LogP contribution in [-0.4, -0.2) is 17.5 Å². The third-order valence-corrected chi connectivity index (χ3v) is 1.21. The second-order valence-corrected chi connectivity index (χ2v) is 2.29. The molecule has 0 aromatic heterocycles. The van der Waals surface area contributed by atoms with Crippen LogP contribution in [0.2, 0.25) is 0 Å². The molecule has 1 atom stereocenters. The molecule has 1 N–H and O–H groups in total. The average Bonchev–Trinajstić information content (AvgIpc) is 1.97. The summed E-state index contributed by atoms with van der Waals surface area (Å²) in [7, 11) is 0. The molecule has 0 radical (unpaired) electrons. The third kappa shape index (κ3) is 5.82. The van der Waals surface area contributed by atoms with Gasteiger partial charge in [0.1, 0.15) is 0 Å². The molecule has 11 heavy (non-hydrogen) atoms. The van der Waals surface area contributed by atoms with Crippen molar-refractivity contribution in [2.75, 3.05) is 0 Å². The minimum Gasteiger partial charge on any atom is -0.433 e. The Labute approximate surface area is 66.0 Å². The van der Waals surface area contributed by atoms with Crippen LogP contribution in [0, 0.1) is 0 Å². The minimum atomic E-state index is -0.799. The summed E-state index contributed by atoms with van der Waals surface area (Å²) in [4.78, 5) is 14.3. The van der Waals surface area contributed by atoms with E-state index < -0.39 is 12.3 Å². The van der Waals surface area contributed by atoms with E-state index in [1.807, 2.05) is 6.92 Å². The Kier molecular flexibility index (Phi) is 5.78. The summed E-state index contributed by atoms with van der Waals surface area (Å²) in [6, 6.07) is 0.